The van der Waals surface area contributed by atoms with Crippen molar-refractivity contribution in [3.63, 3.8) is 0 Å². The number of esters is 1. The minimum absolute atomic E-state index is 0. The van der Waals surface area contributed by atoms with Gasteiger partial charge in [-0.3, -0.25) is 33.3 Å². The molecule has 0 spiro atoms. The van der Waals surface area contributed by atoms with E-state index in [2.05, 4.69) is 20.4 Å². The summed E-state index contributed by atoms with van der Waals surface area (Å²) in [5.41, 5.74) is -0.730. The Balaban J connectivity index is 0.00000125. The summed E-state index contributed by atoms with van der Waals surface area (Å²) in [5.74, 6) is -1.52. The molecule has 6 rings (SSSR count). The Hall–Kier alpha value is 0.506. The van der Waals surface area contributed by atoms with Gasteiger partial charge in [-0.15, -0.1) is 0 Å². The van der Waals surface area contributed by atoms with Crippen molar-refractivity contribution in [2.24, 2.45) is 22.7 Å². The number of nitrogens with one attached hydrogen (secondary N) is 1. The number of carbonyl (C=O) groups is 3. The summed E-state index contributed by atoms with van der Waals surface area (Å²) in [6, 6.07) is 7.79. The van der Waals surface area contributed by atoms with Crippen LogP contribution in [0.4, 0.5) is 0 Å². The number of allylic oxidation sites excluding steroid dienone is 2. The van der Waals surface area contributed by atoms with Crippen molar-refractivity contribution >= 4 is 39.5 Å². The van der Waals surface area contributed by atoms with Crippen molar-refractivity contribution in [2.45, 2.75) is 111 Å². The van der Waals surface area contributed by atoms with E-state index in [0.717, 1.165) is 30.0 Å². The predicted molar refractivity (Wildman–Crippen MR) is 238 cm³/mol. The zero-order valence-electron chi connectivity index (χ0n) is 39.5. The van der Waals surface area contributed by atoms with Gasteiger partial charge in [0, 0.05) is 168 Å². The van der Waals surface area contributed by atoms with E-state index in [1.807, 2.05) is 76.1 Å². The van der Waals surface area contributed by atoms with Crippen LogP contribution in [0.5, 0.6) is 0 Å². The smallest absolute Gasteiger partial charge is 0.458 e. The number of cyclic esters (lactones) is 1. The molecule has 1 aromatic heterocycles. The van der Waals surface area contributed by atoms with Crippen molar-refractivity contribution in [3.05, 3.63) is 80.2 Å². The van der Waals surface area contributed by atoms with Crippen molar-refractivity contribution in [3.8, 4) is 0 Å². The van der Waals surface area contributed by atoms with Gasteiger partial charge < -0.3 is 48.6 Å². The topological polar surface area (TPSA) is 265 Å². The monoisotopic (exact) mass is 1310 g/mol. The normalized spacial score (nSPS) is 23.2. The molecule has 4 radical (unpaired) electrons. The van der Waals surface area contributed by atoms with Gasteiger partial charge in [0.25, 0.3) is 5.56 Å². The van der Waals surface area contributed by atoms with Gasteiger partial charge in [0.15, 0.2) is 19.2 Å². The second-order valence-corrected chi connectivity index (χ2v) is 19.2. The van der Waals surface area contributed by atoms with Crippen molar-refractivity contribution in [1.29, 1.82) is 0 Å². The average molecular weight is 1310 g/mol. The van der Waals surface area contributed by atoms with E-state index in [4.69, 9.17) is 38.8 Å². The van der Waals surface area contributed by atoms with E-state index in [9.17, 15) is 28.3 Å². The fourth-order valence-corrected chi connectivity index (χ4v) is 9.17. The second-order valence-electron chi connectivity index (χ2n) is 16.7. The quantitative estimate of drug-likeness (QED) is 0.0788. The number of fused-ring (bicyclic) bond motifs is 5. The van der Waals surface area contributed by atoms with Crippen LogP contribution < -0.4 is 21.5 Å². The minimum atomic E-state index is -4.81. The summed E-state index contributed by atoms with van der Waals surface area (Å²) in [6.45, 7) is 9.25. The fraction of sp³-hybridized carbons (Fsp3) is 0.605. The number of phosphoric acid groups is 2. The first-order chi connectivity index (χ1) is 30.1. The Labute approximate surface area is 504 Å². The third kappa shape index (κ3) is 17.8. The zero-order chi connectivity index (χ0) is 47.1. The van der Waals surface area contributed by atoms with Crippen molar-refractivity contribution < 1.29 is 197 Å². The number of para-hydroxylation sites is 1. The summed E-state index contributed by atoms with van der Waals surface area (Å²) in [5, 5.41) is 4.74. The standard InChI is InChI=1S/C21H40N3O7P.C21H21N2O8P.CH4.4Y/c1-7-8-11-16(4)19(30-14-31-32(27,28)29)18-20(25)22-12-9-10-13-23(5)17(15(2)3)21(26)24(18)6;1-2-21(30-11-31-32(26,27)28)15-8-17-18-13(7-12-5-3-4-6-16(12)22-18)9-23(17)19(24)14(15)10-29-20(21)25;;;;;/h7-8,15-19H,9-14H2,1-6H3,(H,22,25)(H2,27,28,29);3-8,13,18H,2,9-11H2,1H3,(H2,26,27,28);1H4;;;;/b8-7+;;;;;;/t;13?,18?,21-;;;;;/m.0...../s1. The van der Waals surface area contributed by atoms with Gasteiger partial charge in [-0.05, 0) is 75.4 Å². The molecule has 0 bridgehead atoms. The second kappa shape index (κ2) is 30.9. The number of phosphoric ester groups is 2. The van der Waals surface area contributed by atoms with Gasteiger partial charge >= 0.3 is 21.6 Å². The molecule has 4 aliphatic rings. The van der Waals surface area contributed by atoms with Crippen LogP contribution in [0.15, 0.2) is 52.3 Å². The summed E-state index contributed by atoms with van der Waals surface area (Å²) in [6.07, 6.45) is 7.30. The number of pyridine rings is 1. The summed E-state index contributed by atoms with van der Waals surface area (Å²) in [4.78, 5) is 97.2. The summed E-state index contributed by atoms with van der Waals surface area (Å²) in [7, 11) is -6.07. The van der Waals surface area contributed by atoms with Gasteiger partial charge in [-0.1, -0.05) is 71.5 Å². The van der Waals surface area contributed by atoms with E-state index in [0.29, 0.717) is 30.8 Å². The van der Waals surface area contributed by atoms with E-state index < -0.39 is 59.0 Å². The molecule has 5 heterocycles. The molecule has 1 fully saturated rings. The SMILES string of the molecule is C.C/C=C/CC(C)C(OCOP(=O)(O)O)C1C(=O)NCCCCN(C)C(C(C)C)C(=O)N1C.CC[C@@]1(OCOP(=O)(O)O)C(=O)OCc2c1cc1n(c2=O)CC2C=c3ccccc3=NC12.[Y].[Y].[Y].[Y]. The molecule has 20 nitrogen and oxygen atoms in total. The van der Waals surface area contributed by atoms with Crippen LogP contribution in [-0.2, 0) is 196 Å². The van der Waals surface area contributed by atoms with Crippen LogP contribution in [0.2, 0.25) is 0 Å². The molecular weight excluding hydrogens is 1240 g/mol. The van der Waals surface area contributed by atoms with E-state index in [1.54, 1.807) is 24.6 Å². The average Bonchev–Trinajstić information content (AvgIpc) is 3.58. The number of rotatable bonds is 14. The number of nitrogens with zero attached hydrogens (tertiary/aromatic N) is 4. The molecule has 26 heteroatoms. The van der Waals surface area contributed by atoms with Crippen LogP contribution in [0.25, 0.3) is 6.08 Å². The third-order valence-electron chi connectivity index (χ3n) is 12.0. The van der Waals surface area contributed by atoms with Crippen LogP contribution >= 0.6 is 15.6 Å². The Morgan fingerprint density at radius 2 is 1.59 bits per heavy atom. The molecule has 0 aliphatic carbocycles. The van der Waals surface area contributed by atoms with Gasteiger partial charge in [-0.25, -0.2) is 13.9 Å². The van der Waals surface area contributed by atoms with Crippen LogP contribution in [0, 0.1) is 17.8 Å². The first-order valence-corrected chi connectivity index (χ1v) is 24.3. The van der Waals surface area contributed by atoms with E-state index >= 15 is 0 Å². The van der Waals surface area contributed by atoms with E-state index in [-0.39, 0.29) is 198 Å². The Kier molecular flexibility index (Phi) is 31.1. The first kappa shape index (κ1) is 69.5. The number of amides is 2. The predicted octanol–water partition coefficient (Wildman–Crippen LogP) is 2.74. The number of likely N-dealkylation sites (N-methyl/N-ethyl adjacent to an activating group) is 2. The van der Waals surface area contributed by atoms with Crippen LogP contribution in [0.3, 0.4) is 0 Å². The Morgan fingerprint density at radius 3 is 2.20 bits per heavy atom. The zero-order valence-corrected chi connectivity index (χ0v) is 52.6. The van der Waals surface area contributed by atoms with Crippen LogP contribution in [0.1, 0.15) is 90.6 Å². The molecule has 4 aliphatic heterocycles. The summed E-state index contributed by atoms with van der Waals surface area (Å²) >= 11 is 0. The number of hydrogen-bond acceptors (Lipinski definition) is 13. The Morgan fingerprint density at radius 1 is 0.957 bits per heavy atom. The molecule has 374 valence electrons. The molecule has 2 aromatic rings. The number of ether oxygens (including phenoxy) is 3. The maximum Gasteiger partial charge on any atom is 0.471 e. The van der Waals surface area contributed by atoms with Crippen molar-refractivity contribution in [2.75, 3.05) is 40.8 Å². The molecule has 5 N–H and O–H groups in total. The van der Waals surface area contributed by atoms with Gasteiger partial charge in [0.2, 0.25) is 11.8 Å². The number of hydrogen-bond donors (Lipinski definition) is 5. The van der Waals surface area contributed by atoms with Gasteiger partial charge in [-0.2, -0.15) is 0 Å². The van der Waals surface area contributed by atoms with Gasteiger partial charge in [0.1, 0.15) is 12.6 Å². The molecule has 2 amide bonds. The number of aromatic nitrogens is 1. The number of carbonyl (C=O) groups excluding carboxylic acids is 3. The van der Waals surface area contributed by atoms with Gasteiger partial charge in [0.05, 0.1) is 29.1 Å². The first-order valence-electron chi connectivity index (χ1n) is 21.2. The maximum atomic E-state index is 13.5. The fourth-order valence-electron chi connectivity index (χ4n) is 8.78. The molecule has 1 aromatic carbocycles. The minimum Gasteiger partial charge on any atom is -0.458 e. The summed E-state index contributed by atoms with van der Waals surface area (Å²) < 4.78 is 49.2. The molecule has 0 saturated carbocycles. The van der Waals surface area contributed by atoms with Crippen LogP contribution in [-0.4, -0.2) is 111 Å². The largest absolute Gasteiger partial charge is 0.471 e. The molecule has 6 unspecified atom stereocenters. The Bertz CT molecular complexity index is 2350. The third-order valence-corrected chi connectivity index (χ3v) is 12.9. The molecule has 69 heavy (non-hydrogen) atoms. The molecule has 7 atom stereocenters. The molecule has 1 saturated heterocycles. The maximum absolute atomic E-state index is 13.5. The van der Waals surface area contributed by atoms with Crippen molar-refractivity contribution in [1.82, 2.24) is 19.7 Å². The number of benzene rings is 1. The molecular formula is C43H65N5O15P2Y4. The van der Waals surface area contributed by atoms with E-state index in [1.165, 1.54) is 4.90 Å².